The second-order valence-electron chi connectivity index (χ2n) is 6.68. The molecule has 0 aliphatic heterocycles. The second kappa shape index (κ2) is 7.35. The SMILES string of the molecule is CCC1(CC)[C@H](NC(=O)c2ccccc2Cn2cncn2)C[C@H]1OC. The van der Waals surface area contributed by atoms with E-state index in [1.807, 2.05) is 24.3 Å². The van der Waals surface area contributed by atoms with Gasteiger partial charge in [0.1, 0.15) is 12.7 Å². The van der Waals surface area contributed by atoms with Crippen molar-refractivity contribution >= 4 is 5.91 Å². The Labute approximate surface area is 148 Å². The lowest BCUT2D eigenvalue weighted by Gasteiger charge is -2.55. The molecule has 1 fully saturated rings. The maximum atomic E-state index is 12.9. The van der Waals surface area contributed by atoms with Gasteiger partial charge in [0.25, 0.3) is 5.91 Å². The molecule has 1 aliphatic rings. The van der Waals surface area contributed by atoms with Crippen molar-refractivity contribution in [3.05, 3.63) is 48.0 Å². The van der Waals surface area contributed by atoms with E-state index in [9.17, 15) is 4.79 Å². The molecule has 1 saturated carbocycles. The van der Waals surface area contributed by atoms with Gasteiger partial charge in [-0.3, -0.25) is 4.79 Å². The van der Waals surface area contributed by atoms with Gasteiger partial charge in [0, 0.05) is 24.1 Å². The summed E-state index contributed by atoms with van der Waals surface area (Å²) in [5.41, 5.74) is 1.66. The molecule has 6 nitrogen and oxygen atoms in total. The predicted octanol–water partition coefficient (Wildman–Crippen LogP) is 2.65. The fourth-order valence-electron chi connectivity index (χ4n) is 4.08. The summed E-state index contributed by atoms with van der Waals surface area (Å²) in [5, 5.41) is 7.37. The third-order valence-electron chi connectivity index (χ3n) is 5.75. The summed E-state index contributed by atoms with van der Waals surface area (Å²) < 4.78 is 7.35. The third-order valence-corrected chi connectivity index (χ3v) is 5.75. The van der Waals surface area contributed by atoms with Crippen LogP contribution in [0.2, 0.25) is 0 Å². The number of carbonyl (C=O) groups is 1. The van der Waals surface area contributed by atoms with Crippen LogP contribution in [0.15, 0.2) is 36.9 Å². The highest BCUT2D eigenvalue weighted by Gasteiger charge is 2.53. The molecule has 0 spiro atoms. The number of nitrogens with one attached hydrogen (secondary N) is 1. The van der Waals surface area contributed by atoms with Crippen LogP contribution in [0, 0.1) is 5.41 Å². The van der Waals surface area contributed by atoms with Gasteiger partial charge in [0.05, 0.1) is 12.6 Å². The molecule has 0 unspecified atom stereocenters. The molecule has 2 atom stereocenters. The van der Waals surface area contributed by atoms with Crippen molar-refractivity contribution < 1.29 is 9.53 Å². The number of methoxy groups -OCH3 is 1. The topological polar surface area (TPSA) is 69.0 Å². The summed E-state index contributed by atoms with van der Waals surface area (Å²) in [5.74, 6) is -0.0263. The smallest absolute Gasteiger partial charge is 0.251 e. The van der Waals surface area contributed by atoms with Crippen LogP contribution >= 0.6 is 0 Å². The Kier molecular flexibility index (Phi) is 5.18. The summed E-state index contributed by atoms with van der Waals surface area (Å²) in [6, 6.07) is 7.82. The Bertz CT molecular complexity index is 710. The lowest BCUT2D eigenvalue weighted by atomic mass is 9.58. The Balaban J connectivity index is 1.76. The van der Waals surface area contributed by atoms with Gasteiger partial charge in [-0.1, -0.05) is 32.0 Å². The first-order valence-corrected chi connectivity index (χ1v) is 8.88. The van der Waals surface area contributed by atoms with Crippen molar-refractivity contribution in [2.45, 2.75) is 51.8 Å². The van der Waals surface area contributed by atoms with Crippen molar-refractivity contribution in [1.82, 2.24) is 20.1 Å². The summed E-state index contributed by atoms with van der Waals surface area (Å²) >= 11 is 0. The van der Waals surface area contributed by atoms with Crippen LogP contribution in [-0.4, -0.2) is 39.9 Å². The number of carbonyl (C=O) groups excluding carboxylic acids is 1. The van der Waals surface area contributed by atoms with Gasteiger partial charge in [0.2, 0.25) is 0 Å². The highest BCUT2D eigenvalue weighted by atomic mass is 16.5. The summed E-state index contributed by atoms with van der Waals surface area (Å²) in [6.07, 6.45) is 6.23. The number of aromatic nitrogens is 3. The lowest BCUT2D eigenvalue weighted by Crippen LogP contribution is -2.64. The molecule has 2 aromatic rings. The van der Waals surface area contributed by atoms with Crippen LogP contribution in [-0.2, 0) is 11.3 Å². The minimum Gasteiger partial charge on any atom is -0.381 e. The molecule has 1 aromatic heterocycles. The second-order valence-corrected chi connectivity index (χ2v) is 6.68. The molecule has 1 amide bonds. The van der Waals surface area contributed by atoms with Crippen molar-refractivity contribution in [1.29, 1.82) is 0 Å². The number of ether oxygens (including phenoxy) is 1. The third kappa shape index (κ3) is 3.18. The van der Waals surface area contributed by atoms with Gasteiger partial charge in [0.15, 0.2) is 0 Å². The number of rotatable bonds is 7. The average Bonchev–Trinajstić information content (AvgIpc) is 3.13. The van der Waals surface area contributed by atoms with Crippen LogP contribution in [0.4, 0.5) is 0 Å². The first-order valence-electron chi connectivity index (χ1n) is 8.88. The average molecular weight is 342 g/mol. The van der Waals surface area contributed by atoms with Crippen LogP contribution in [0.25, 0.3) is 0 Å². The molecule has 1 aliphatic carbocycles. The van der Waals surface area contributed by atoms with Gasteiger partial charge >= 0.3 is 0 Å². The van der Waals surface area contributed by atoms with Crippen molar-refractivity contribution in [2.75, 3.05) is 7.11 Å². The highest BCUT2D eigenvalue weighted by molar-refractivity contribution is 5.96. The Morgan fingerprint density at radius 3 is 2.76 bits per heavy atom. The highest BCUT2D eigenvalue weighted by Crippen LogP contribution is 2.48. The van der Waals surface area contributed by atoms with E-state index in [1.165, 1.54) is 6.33 Å². The monoisotopic (exact) mass is 342 g/mol. The summed E-state index contributed by atoms with van der Waals surface area (Å²) in [7, 11) is 1.76. The van der Waals surface area contributed by atoms with E-state index in [0.717, 1.165) is 24.8 Å². The van der Waals surface area contributed by atoms with E-state index in [-0.39, 0.29) is 23.5 Å². The lowest BCUT2D eigenvalue weighted by molar-refractivity contribution is -0.120. The van der Waals surface area contributed by atoms with Crippen molar-refractivity contribution in [3.63, 3.8) is 0 Å². The molecule has 3 rings (SSSR count). The number of amides is 1. The Morgan fingerprint density at radius 2 is 2.12 bits per heavy atom. The van der Waals surface area contributed by atoms with E-state index in [1.54, 1.807) is 18.1 Å². The molecule has 0 radical (unpaired) electrons. The zero-order chi connectivity index (χ0) is 17.9. The number of benzene rings is 1. The van der Waals surface area contributed by atoms with Crippen LogP contribution in [0.3, 0.4) is 0 Å². The zero-order valence-electron chi connectivity index (χ0n) is 15.1. The van der Waals surface area contributed by atoms with Crippen LogP contribution in [0.1, 0.15) is 49.0 Å². The molecule has 0 saturated heterocycles. The Hall–Kier alpha value is -2.21. The van der Waals surface area contributed by atoms with E-state index in [0.29, 0.717) is 12.1 Å². The minimum atomic E-state index is -0.0263. The normalized spacial score (nSPS) is 21.6. The molecule has 0 bridgehead atoms. The fourth-order valence-corrected chi connectivity index (χ4v) is 4.08. The van der Waals surface area contributed by atoms with E-state index >= 15 is 0 Å². The van der Waals surface area contributed by atoms with E-state index < -0.39 is 0 Å². The molecular formula is C19H26N4O2. The van der Waals surface area contributed by atoms with E-state index in [2.05, 4.69) is 29.2 Å². The van der Waals surface area contributed by atoms with Crippen molar-refractivity contribution in [3.8, 4) is 0 Å². The Morgan fingerprint density at radius 1 is 1.36 bits per heavy atom. The number of hydrogen-bond acceptors (Lipinski definition) is 4. The first kappa shape index (κ1) is 17.6. The summed E-state index contributed by atoms with van der Waals surface area (Å²) in [6.45, 7) is 4.88. The number of hydrogen-bond donors (Lipinski definition) is 1. The fraction of sp³-hybridized carbons (Fsp3) is 0.526. The zero-order valence-corrected chi connectivity index (χ0v) is 15.1. The standard InChI is InChI=1S/C19H26N4O2/c1-4-19(5-2)16(10-17(19)25-3)22-18(24)15-9-7-6-8-14(15)11-23-13-20-12-21-23/h6-9,12-13,16-17H,4-5,10-11H2,1-3H3,(H,22,24)/t16-,17-/m1/s1. The maximum absolute atomic E-state index is 12.9. The molecule has 134 valence electrons. The van der Waals surface area contributed by atoms with Crippen molar-refractivity contribution in [2.24, 2.45) is 5.41 Å². The van der Waals surface area contributed by atoms with Gasteiger partial charge in [-0.15, -0.1) is 0 Å². The molecule has 1 aromatic carbocycles. The number of nitrogens with zero attached hydrogens (tertiary/aromatic N) is 3. The molecule has 25 heavy (non-hydrogen) atoms. The van der Waals surface area contributed by atoms with Gasteiger partial charge in [-0.2, -0.15) is 5.10 Å². The minimum absolute atomic E-state index is 0.0263. The largest absolute Gasteiger partial charge is 0.381 e. The molecular weight excluding hydrogens is 316 g/mol. The van der Waals surface area contributed by atoms with Gasteiger partial charge in [-0.25, -0.2) is 9.67 Å². The predicted molar refractivity (Wildman–Crippen MR) is 95.2 cm³/mol. The van der Waals surface area contributed by atoms with Crippen LogP contribution < -0.4 is 5.32 Å². The molecule has 6 heteroatoms. The van der Waals surface area contributed by atoms with Gasteiger partial charge in [-0.05, 0) is 30.9 Å². The van der Waals surface area contributed by atoms with E-state index in [4.69, 9.17) is 4.74 Å². The van der Waals surface area contributed by atoms with Gasteiger partial charge < -0.3 is 10.1 Å². The maximum Gasteiger partial charge on any atom is 0.251 e. The molecule has 1 heterocycles. The van der Waals surface area contributed by atoms with Crippen LogP contribution in [0.5, 0.6) is 0 Å². The summed E-state index contributed by atoms with van der Waals surface area (Å²) in [4.78, 5) is 16.9. The molecule has 1 N–H and O–H groups in total. The first-order chi connectivity index (χ1) is 12.1. The quantitative estimate of drug-likeness (QED) is 0.840.